The molecule has 2 rings (SSSR count). The quantitative estimate of drug-likeness (QED) is 0.629. The van der Waals surface area contributed by atoms with Gasteiger partial charge in [0.1, 0.15) is 17.9 Å². The fourth-order valence-corrected chi connectivity index (χ4v) is 2.39. The molecule has 5 nitrogen and oxygen atoms in total. The van der Waals surface area contributed by atoms with Crippen LogP contribution < -0.4 is 5.73 Å². The van der Waals surface area contributed by atoms with Crippen LogP contribution in [0.4, 0.5) is 5.69 Å². The number of nitrogens with two attached hydrogens (primary N) is 1. The number of hydrogen-bond acceptors (Lipinski definition) is 4. The normalized spacial score (nSPS) is 12.5. The molecule has 2 N–H and O–H groups in total. The highest BCUT2D eigenvalue weighted by molar-refractivity contribution is 5.88. The van der Waals surface area contributed by atoms with Crippen LogP contribution in [0.1, 0.15) is 45.9 Å². The molecule has 0 saturated heterocycles. The monoisotopic (exact) mass is 303 g/mol. The van der Waals surface area contributed by atoms with Gasteiger partial charge in [-0.1, -0.05) is 26.3 Å². The number of ether oxygens (including phenoxy) is 1. The van der Waals surface area contributed by atoms with E-state index in [1.165, 1.54) is 0 Å². The summed E-state index contributed by atoms with van der Waals surface area (Å²) in [6.45, 7) is 6.22. The second-order valence-electron chi connectivity index (χ2n) is 5.64. The van der Waals surface area contributed by atoms with E-state index in [4.69, 9.17) is 10.5 Å². The summed E-state index contributed by atoms with van der Waals surface area (Å²) < 4.78 is 7.33. The first kappa shape index (κ1) is 16.3. The van der Waals surface area contributed by atoms with Gasteiger partial charge in [-0.25, -0.2) is 4.98 Å². The molecule has 0 bridgehead atoms. The minimum absolute atomic E-state index is 0.0635. The second-order valence-corrected chi connectivity index (χ2v) is 5.64. The zero-order valence-corrected chi connectivity index (χ0v) is 13.6. The topological polar surface area (TPSA) is 70.1 Å². The summed E-state index contributed by atoms with van der Waals surface area (Å²) in [7, 11) is 0. The lowest BCUT2D eigenvalue weighted by Gasteiger charge is -2.13. The summed E-state index contributed by atoms with van der Waals surface area (Å²) in [4.78, 5) is 16.8. The number of fused-ring (bicyclic) bond motifs is 1. The van der Waals surface area contributed by atoms with E-state index in [9.17, 15) is 4.79 Å². The molecule has 0 aliphatic rings. The number of nitrogens with zero attached hydrogens (tertiary/aromatic N) is 2. The molecule has 0 amide bonds. The van der Waals surface area contributed by atoms with Crippen LogP contribution in [-0.2, 0) is 22.5 Å². The van der Waals surface area contributed by atoms with Gasteiger partial charge in [0.25, 0.3) is 0 Å². The van der Waals surface area contributed by atoms with Crippen molar-refractivity contribution in [1.29, 1.82) is 0 Å². The van der Waals surface area contributed by atoms with Crippen molar-refractivity contribution in [2.45, 2.75) is 59.1 Å². The van der Waals surface area contributed by atoms with Gasteiger partial charge in [0.15, 0.2) is 0 Å². The fourth-order valence-electron chi connectivity index (χ4n) is 2.39. The Morgan fingerprint density at radius 1 is 1.41 bits per heavy atom. The van der Waals surface area contributed by atoms with E-state index in [-0.39, 0.29) is 18.6 Å². The molecular weight excluding hydrogens is 278 g/mol. The molecule has 22 heavy (non-hydrogen) atoms. The number of aryl methyl sites for hydroxylation is 1. The highest BCUT2D eigenvalue weighted by Gasteiger charge is 2.16. The van der Waals surface area contributed by atoms with Gasteiger partial charge in [-0.15, -0.1) is 0 Å². The summed E-state index contributed by atoms with van der Waals surface area (Å²) in [6.07, 6.45) is 3.69. The van der Waals surface area contributed by atoms with E-state index in [2.05, 4.69) is 11.9 Å². The predicted molar refractivity (Wildman–Crippen MR) is 88.6 cm³/mol. The van der Waals surface area contributed by atoms with Crippen molar-refractivity contribution < 1.29 is 9.53 Å². The summed E-state index contributed by atoms with van der Waals surface area (Å²) in [6, 6.07) is 5.67. The number of carbonyl (C=O) groups is 1. The number of benzene rings is 1. The summed E-state index contributed by atoms with van der Waals surface area (Å²) in [5, 5.41) is 0. The predicted octanol–water partition coefficient (Wildman–Crippen LogP) is 3.30. The number of anilines is 1. The third kappa shape index (κ3) is 3.59. The fraction of sp³-hybridized carbons (Fsp3) is 0.529. The van der Waals surface area contributed by atoms with Crippen LogP contribution >= 0.6 is 0 Å². The van der Waals surface area contributed by atoms with Crippen molar-refractivity contribution in [3.05, 3.63) is 24.0 Å². The number of imidazole rings is 1. The summed E-state index contributed by atoms with van der Waals surface area (Å²) >= 11 is 0. The molecule has 1 atom stereocenters. The Labute approximate surface area is 131 Å². The lowest BCUT2D eigenvalue weighted by Crippen LogP contribution is -2.20. The molecule has 0 radical (unpaired) electrons. The first-order chi connectivity index (χ1) is 10.6. The molecule has 0 aliphatic heterocycles. The first-order valence-corrected chi connectivity index (χ1v) is 7.99. The van der Waals surface area contributed by atoms with E-state index in [0.717, 1.165) is 42.5 Å². The van der Waals surface area contributed by atoms with E-state index >= 15 is 0 Å². The molecule has 1 aromatic heterocycles. The largest absolute Gasteiger partial charge is 0.461 e. The maximum absolute atomic E-state index is 12.1. The Morgan fingerprint density at radius 2 is 2.18 bits per heavy atom. The van der Waals surface area contributed by atoms with Crippen molar-refractivity contribution in [3.63, 3.8) is 0 Å². The number of rotatable bonds is 7. The molecule has 0 fully saturated rings. The molecule has 1 heterocycles. The van der Waals surface area contributed by atoms with Crippen molar-refractivity contribution in [1.82, 2.24) is 9.55 Å². The van der Waals surface area contributed by atoms with Crippen LogP contribution in [-0.4, -0.2) is 21.6 Å². The smallest absolute Gasteiger partial charge is 0.326 e. The zero-order valence-electron chi connectivity index (χ0n) is 13.6. The van der Waals surface area contributed by atoms with E-state index in [0.29, 0.717) is 5.69 Å². The Hall–Kier alpha value is -2.04. The lowest BCUT2D eigenvalue weighted by atomic mass is 10.2. The Bertz CT molecular complexity index is 649. The van der Waals surface area contributed by atoms with Gasteiger partial charge in [-0.05, 0) is 31.9 Å². The van der Waals surface area contributed by atoms with Crippen LogP contribution in [0.2, 0.25) is 0 Å². The molecular formula is C17H25N3O2. The Morgan fingerprint density at radius 3 is 2.86 bits per heavy atom. The van der Waals surface area contributed by atoms with Crippen molar-refractivity contribution in [2.75, 3.05) is 5.73 Å². The average molecular weight is 303 g/mol. The zero-order chi connectivity index (χ0) is 16.1. The third-order valence-electron chi connectivity index (χ3n) is 3.84. The number of carbonyl (C=O) groups excluding carboxylic acids is 1. The van der Waals surface area contributed by atoms with E-state index < -0.39 is 0 Å². The van der Waals surface area contributed by atoms with E-state index in [1.807, 2.05) is 36.6 Å². The molecule has 1 unspecified atom stereocenters. The maximum atomic E-state index is 12.1. The number of para-hydroxylation sites is 1. The highest BCUT2D eigenvalue weighted by Crippen LogP contribution is 2.23. The SMILES string of the molecule is CCCCc1nc2c(N)cccc2n1CC(=O)OC(C)CC. The number of nitrogen functional groups attached to an aromatic ring is 1. The first-order valence-electron chi connectivity index (χ1n) is 7.99. The van der Waals surface area contributed by atoms with Gasteiger partial charge in [0.2, 0.25) is 0 Å². The van der Waals surface area contributed by atoms with E-state index in [1.54, 1.807) is 0 Å². The highest BCUT2D eigenvalue weighted by atomic mass is 16.5. The molecule has 0 spiro atoms. The third-order valence-corrected chi connectivity index (χ3v) is 3.84. The minimum Gasteiger partial charge on any atom is -0.461 e. The second kappa shape index (κ2) is 7.29. The van der Waals surface area contributed by atoms with Crippen molar-refractivity contribution in [2.24, 2.45) is 0 Å². The summed E-state index contributed by atoms with van der Waals surface area (Å²) in [5.74, 6) is 0.671. The molecule has 0 aliphatic carbocycles. The van der Waals surface area contributed by atoms with Gasteiger partial charge in [-0.3, -0.25) is 4.79 Å². The lowest BCUT2D eigenvalue weighted by molar-refractivity contribution is -0.149. The van der Waals surface area contributed by atoms with Gasteiger partial charge in [-0.2, -0.15) is 0 Å². The molecule has 2 aromatic rings. The number of esters is 1. The van der Waals surface area contributed by atoms with Gasteiger partial charge >= 0.3 is 5.97 Å². The van der Waals surface area contributed by atoms with Gasteiger partial charge in [0.05, 0.1) is 17.3 Å². The van der Waals surface area contributed by atoms with Crippen LogP contribution in [0, 0.1) is 0 Å². The molecule has 0 saturated carbocycles. The van der Waals surface area contributed by atoms with Gasteiger partial charge in [0, 0.05) is 6.42 Å². The molecule has 5 heteroatoms. The molecule has 1 aromatic carbocycles. The Balaban J connectivity index is 2.32. The minimum atomic E-state index is -0.228. The molecule has 120 valence electrons. The number of unbranched alkanes of at least 4 members (excludes halogenated alkanes) is 1. The van der Waals surface area contributed by atoms with Crippen LogP contribution in [0.15, 0.2) is 18.2 Å². The van der Waals surface area contributed by atoms with Crippen molar-refractivity contribution >= 4 is 22.7 Å². The summed E-state index contributed by atoms with van der Waals surface area (Å²) in [5.41, 5.74) is 8.32. The van der Waals surface area contributed by atoms with Crippen LogP contribution in [0.25, 0.3) is 11.0 Å². The van der Waals surface area contributed by atoms with Crippen molar-refractivity contribution in [3.8, 4) is 0 Å². The van der Waals surface area contributed by atoms with Crippen LogP contribution in [0.5, 0.6) is 0 Å². The number of hydrogen-bond donors (Lipinski definition) is 1. The van der Waals surface area contributed by atoms with Crippen LogP contribution in [0.3, 0.4) is 0 Å². The number of aromatic nitrogens is 2. The standard InChI is InChI=1S/C17H25N3O2/c1-4-6-10-15-19-17-13(18)8-7-9-14(17)20(15)11-16(21)22-12(3)5-2/h7-9,12H,4-6,10-11,18H2,1-3H3. The van der Waals surface area contributed by atoms with Gasteiger partial charge < -0.3 is 15.0 Å². The maximum Gasteiger partial charge on any atom is 0.326 e. The Kier molecular flexibility index (Phi) is 5.41. The average Bonchev–Trinajstić information content (AvgIpc) is 2.84.